The highest BCUT2D eigenvalue weighted by Crippen LogP contribution is 2.23. The lowest BCUT2D eigenvalue weighted by Gasteiger charge is -2.21. The summed E-state index contributed by atoms with van der Waals surface area (Å²) in [7, 11) is 0. The average Bonchev–Trinajstić information content (AvgIpc) is 2.39. The molecule has 2 nitrogen and oxygen atoms in total. The van der Waals surface area contributed by atoms with Crippen molar-refractivity contribution in [2.24, 2.45) is 0 Å². The third-order valence-electron chi connectivity index (χ3n) is 2.69. The molecular weight excluding hydrogens is 226 g/mol. The van der Waals surface area contributed by atoms with Crippen LogP contribution in [-0.2, 0) is 0 Å². The fraction of sp³-hybridized carbons (Fsp3) is 0. The van der Waals surface area contributed by atoms with Crippen molar-refractivity contribution >= 4 is 50.1 Å². The van der Waals surface area contributed by atoms with Crippen LogP contribution in [0, 0.1) is 0 Å². The Morgan fingerprint density at radius 2 is 1.38 bits per heavy atom. The van der Waals surface area contributed by atoms with Crippen LogP contribution in [0.5, 0.6) is 0 Å². The van der Waals surface area contributed by atoms with E-state index in [9.17, 15) is 0 Å². The number of hydrogen-bond acceptors (Lipinski definition) is 2. The van der Waals surface area contributed by atoms with Gasteiger partial charge in [-0.25, -0.2) is 0 Å². The van der Waals surface area contributed by atoms with Crippen LogP contribution < -0.4 is 8.18 Å². The molecule has 0 aliphatic heterocycles. The molecular formula is C12H14Al2N2. The third-order valence-corrected chi connectivity index (χ3v) is 4.30. The SMILES string of the molecule is [AlH2][NH]c1ccc([N]([AlH2])c2ccccc2)cc1. The lowest BCUT2D eigenvalue weighted by atomic mass is 10.2. The lowest BCUT2D eigenvalue weighted by molar-refractivity contribution is 1.41. The number of hydrogen-bond donors (Lipinski definition) is 1. The molecule has 0 amide bonds. The van der Waals surface area contributed by atoms with Gasteiger partial charge in [0.15, 0.2) is 0 Å². The smallest absolute Gasteiger partial charge is 0.370 e. The summed E-state index contributed by atoms with van der Waals surface area (Å²) in [5, 5.41) is 0. The topological polar surface area (TPSA) is 15.3 Å². The summed E-state index contributed by atoms with van der Waals surface area (Å²) in [5.41, 5.74) is 3.73. The highest BCUT2D eigenvalue weighted by molar-refractivity contribution is 6.22. The Balaban J connectivity index is 2.24. The van der Waals surface area contributed by atoms with Gasteiger partial charge in [-0.2, -0.15) is 0 Å². The summed E-state index contributed by atoms with van der Waals surface area (Å²) in [6, 6.07) is 19.1. The van der Waals surface area contributed by atoms with Gasteiger partial charge in [0.2, 0.25) is 0 Å². The fourth-order valence-electron chi connectivity index (χ4n) is 1.65. The zero-order chi connectivity index (χ0) is 11.4. The van der Waals surface area contributed by atoms with Crippen molar-refractivity contribution in [1.82, 2.24) is 0 Å². The van der Waals surface area contributed by atoms with E-state index in [0.717, 1.165) is 33.0 Å². The molecule has 0 radical (unpaired) electrons. The van der Waals surface area contributed by atoms with Crippen molar-refractivity contribution in [2.45, 2.75) is 0 Å². The highest BCUT2D eigenvalue weighted by Gasteiger charge is 2.01. The van der Waals surface area contributed by atoms with Crippen LogP contribution in [0.2, 0.25) is 0 Å². The Hall–Kier alpha value is -0.895. The van der Waals surface area contributed by atoms with Crippen LogP contribution in [0.4, 0.5) is 17.1 Å². The summed E-state index contributed by atoms with van der Waals surface area (Å²) in [4.78, 5) is 0. The molecule has 0 heterocycles. The molecule has 2 rings (SSSR count). The minimum atomic E-state index is 0.985. The largest absolute Gasteiger partial charge is 0.482 e. The molecule has 0 atom stereocenters. The summed E-state index contributed by atoms with van der Waals surface area (Å²) < 4.78 is 5.58. The Morgan fingerprint density at radius 3 is 1.94 bits per heavy atom. The average molecular weight is 240 g/mol. The first-order valence-corrected chi connectivity index (χ1v) is 7.27. The van der Waals surface area contributed by atoms with E-state index in [1.165, 1.54) is 17.1 Å². The minimum Gasteiger partial charge on any atom is -0.482 e. The van der Waals surface area contributed by atoms with Gasteiger partial charge in [0.1, 0.15) is 0 Å². The van der Waals surface area contributed by atoms with Crippen LogP contribution in [-0.4, -0.2) is 33.0 Å². The molecule has 0 aromatic heterocycles. The quantitative estimate of drug-likeness (QED) is 0.814. The number of rotatable bonds is 3. The van der Waals surface area contributed by atoms with Crippen molar-refractivity contribution in [3.63, 3.8) is 0 Å². The molecule has 4 heteroatoms. The molecule has 0 unspecified atom stereocenters. The molecule has 0 saturated heterocycles. The predicted octanol–water partition coefficient (Wildman–Crippen LogP) is 1.33. The van der Waals surface area contributed by atoms with Crippen molar-refractivity contribution in [3.05, 3.63) is 54.6 Å². The van der Waals surface area contributed by atoms with Crippen molar-refractivity contribution in [2.75, 3.05) is 8.18 Å². The number of anilines is 3. The summed E-state index contributed by atoms with van der Waals surface area (Å²) in [5.74, 6) is 0. The molecule has 1 N–H and O–H groups in total. The van der Waals surface area contributed by atoms with Crippen LogP contribution in [0.3, 0.4) is 0 Å². The van der Waals surface area contributed by atoms with E-state index in [2.05, 4.69) is 56.7 Å². The second-order valence-corrected chi connectivity index (χ2v) is 5.09. The summed E-state index contributed by atoms with van der Waals surface area (Å²) in [6.45, 7) is 0. The molecule has 2 aromatic rings. The first-order chi connectivity index (χ1) is 7.81. The Labute approximate surface area is 113 Å². The molecule has 0 aliphatic rings. The van der Waals surface area contributed by atoms with Crippen LogP contribution in [0.1, 0.15) is 0 Å². The first kappa shape index (κ1) is 11.6. The summed E-state index contributed by atoms with van der Waals surface area (Å²) >= 11 is 1.98. The maximum atomic E-state index is 3.26. The van der Waals surface area contributed by atoms with Gasteiger partial charge < -0.3 is 8.18 Å². The molecule has 78 valence electrons. The number of nitrogens with zero attached hydrogens (tertiary/aromatic N) is 1. The predicted molar refractivity (Wildman–Crippen MR) is 75.7 cm³/mol. The van der Waals surface area contributed by atoms with Crippen LogP contribution >= 0.6 is 0 Å². The zero-order valence-electron chi connectivity index (χ0n) is 9.64. The van der Waals surface area contributed by atoms with E-state index >= 15 is 0 Å². The minimum absolute atomic E-state index is 0.985. The number of benzene rings is 2. The zero-order valence-corrected chi connectivity index (χ0v) is 13.6. The molecule has 2 aromatic carbocycles. The maximum Gasteiger partial charge on any atom is 0.370 e. The fourth-order valence-corrected chi connectivity index (χ4v) is 2.58. The molecule has 0 saturated carbocycles. The van der Waals surface area contributed by atoms with Gasteiger partial charge in [-0.15, -0.1) is 0 Å². The molecule has 16 heavy (non-hydrogen) atoms. The molecule has 0 bridgehead atoms. The van der Waals surface area contributed by atoms with Gasteiger partial charge >= 0.3 is 33.0 Å². The second kappa shape index (κ2) is 5.44. The highest BCUT2D eigenvalue weighted by atomic mass is 27.1. The molecule has 0 fully saturated rings. The number of nitrogens with one attached hydrogen (secondary N) is 1. The molecule has 0 aliphatic carbocycles. The lowest BCUT2D eigenvalue weighted by Crippen LogP contribution is -2.11. The van der Waals surface area contributed by atoms with Gasteiger partial charge in [0, 0.05) is 17.1 Å². The van der Waals surface area contributed by atoms with Crippen molar-refractivity contribution in [1.29, 1.82) is 0 Å². The standard InChI is InChI=1S/C12H10N2.2Al.4H/c13-10-6-8-12(9-7-10)14-11-4-2-1-3-5-11;;;;;;/h1-9,13H;;;;;;/q-2;2*+1;;;;. The van der Waals surface area contributed by atoms with E-state index in [1.807, 2.05) is 6.07 Å². The second-order valence-electron chi connectivity index (χ2n) is 3.69. The monoisotopic (exact) mass is 240 g/mol. The van der Waals surface area contributed by atoms with Gasteiger partial charge in [-0.3, -0.25) is 0 Å². The van der Waals surface area contributed by atoms with Crippen LogP contribution in [0.15, 0.2) is 54.6 Å². The third kappa shape index (κ3) is 2.61. The van der Waals surface area contributed by atoms with Crippen LogP contribution in [0.25, 0.3) is 0 Å². The normalized spacial score (nSPS) is 9.75. The Kier molecular flexibility index (Phi) is 3.94. The summed E-state index contributed by atoms with van der Waals surface area (Å²) in [6.07, 6.45) is 0. The van der Waals surface area contributed by atoms with Gasteiger partial charge in [-0.1, -0.05) is 18.2 Å². The first-order valence-electron chi connectivity index (χ1n) is 5.38. The van der Waals surface area contributed by atoms with Gasteiger partial charge in [-0.05, 0) is 36.4 Å². The Morgan fingerprint density at radius 1 is 0.812 bits per heavy atom. The van der Waals surface area contributed by atoms with E-state index in [1.54, 1.807) is 0 Å². The van der Waals surface area contributed by atoms with E-state index < -0.39 is 0 Å². The van der Waals surface area contributed by atoms with Gasteiger partial charge in [0.05, 0.1) is 0 Å². The van der Waals surface area contributed by atoms with E-state index in [-0.39, 0.29) is 0 Å². The van der Waals surface area contributed by atoms with E-state index in [4.69, 9.17) is 0 Å². The maximum absolute atomic E-state index is 3.26. The van der Waals surface area contributed by atoms with Crippen molar-refractivity contribution < 1.29 is 0 Å². The van der Waals surface area contributed by atoms with Crippen molar-refractivity contribution in [3.8, 4) is 0 Å². The molecule has 0 spiro atoms. The van der Waals surface area contributed by atoms with E-state index in [0.29, 0.717) is 0 Å². The van der Waals surface area contributed by atoms with Gasteiger partial charge in [0.25, 0.3) is 0 Å². The Bertz CT molecular complexity index is 442. The number of para-hydroxylation sites is 1.